The van der Waals surface area contributed by atoms with Gasteiger partial charge in [0, 0.05) is 0 Å². The summed E-state index contributed by atoms with van der Waals surface area (Å²) in [5.74, 6) is 0.160. The van der Waals surface area contributed by atoms with Gasteiger partial charge in [-0.25, -0.2) is 13.2 Å². The first kappa shape index (κ1) is 21.1. The number of carbonyl (C=O) groups excluding carboxylic acids is 1. The number of hydrogen-bond donors (Lipinski definition) is 1. The van der Waals surface area contributed by atoms with E-state index in [0.717, 1.165) is 5.56 Å². The third-order valence-corrected chi connectivity index (χ3v) is 5.54. The van der Waals surface area contributed by atoms with Crippen molar-refractivity contribution in [2.24, 2.45) is 0 Å². The summed E-state index contributed by atoms with van der Waals surface area (Å²) in [4.78, 5) is 11.9. The van der Waals surface area contributed by atoms with Crippen LogP contribution < -0.4 is 9.46 Å². The summed E-state index contributed by atoms with van der Waals surface area (Å²) in [5.41, 5.74) is 1.21. The number of ether oxygens (including phenoxy) is 2. The number of hydrogen-bond acceptors (Lipinski definition) is 5. The number of benzene rings is 2. The minimum absolute atomic E-state index is 0.0911. The van der Waals surface area contributed by atoms with Crippen LogP contribution in [0.25, 0.3) is 0 Å². The van der Waals surface area contributed by atoms with E-state index < -0.39 is 16.0 Å². The zero-order chi connectivity index (χ0) is 20.2. The van der Waals surface area contributed by atoms with E-state index in [9.17, 15) is 13.2 Å². The van der Waals surface area contributed by atoms with E-state index in [0.29, 0.717) is 5.75 Å². The van der Waals surface area contributed by atoms with Crippen LogP contribution in [0.5, 0.6) is 5.75 Å². The van der Waals surface area contributed by atoms with Gasteiger partial charge in [0.15, 0.2) is 0 Å². The van der Waals surface area contributed by atoms with Gasteiger partial charge in [0.2, 0.25) is 0 Å². The number of anilines is 1. The summed E-state index contributed by atoms with van der Waals surface area (Å²) < 4.78 is 38.1. The van der Waals surface area contributed by atoms with Gasteiger partial charge in [-0.15, -0.1) is 0 Å². The third-order valence-electron chi connectivity index (χ3n) is 3.85. The summed E-state index contributed by atoms with van der Waals surface area (Å²) in [7, 11) is -2.29. The van der Waals surface area contributed by atoms with Gasteiger partial charge in [0.25, 0.3) is 10.0 Å². The molecule has 0 spiro atoms. The van der Waals surface area contributed by atoms with Crippen LogP contribution in [0.2, 0.25) is 5.02 Å². The fourth-order valence-electron chi connectivity index (χ4n) is 2.50. The number of methoxy groups -OCH3 is 1. The van der Waals surface area contributed by atoms with Crippen molar-refractivity contribution in [2.45, 2.75) is 31.6 Å². The van der Waals surface area contributed by atoms with Crippen LogP contribution in [0.15, 0.2) is 41.3 Å². The van der Waals surface area contributed by atoms with Crippen LogP contribution in [-0.4, -0.2) is 28.1 Å². The Labute approximate surface area is 164 Å². The maximum Gasteiger partial charge on any atom is 0.339 e. The Morgan fingerprint density at radius 2 is 1.89 bits per heavy atom. The Hall–Kier alpha value is -2.25. The molecule has 0 unspecified atom stereocenters. The highest BCUT2D eigenvalue weighted by Crippen LogP contribution is 2.30. The average molecular weight is 412 g/mol. The van der Waals surface area contributed by atoms with E-state index in [1.165, 1.54) is 24.3 Å². The van der Waals surface area contributed by atoms with Crippen LogP contribution in [0, 0.1) is 0 Å². The summed E-state index contributed by atoms with van der Waals surface area (Å²) >= 11 is 6.09. The lowest BCUT2D eigenvalue weighted by molar-refractivity contribution is 0.0526. The molecule has 2 aromatic rings. The largest absolute Gasteiger partial charge is 0.496 e. The van der Waals surface area contributed by atoms with Gasteiger partial charge in [0.1, 0.15) is 5.75 Å². The van der Waals surface area contributed by atoms with Crippen molar-refractivity contribution in [3.8, 4) is 5.75 Å². The maximum absolute atomic E-state index is 12.7. The first-order valence-electron chi connectivity index (χ1n) is 8.37. The summed E-state index contributed by atoms with van der Waals surface area (Å²) in [6.07, 6.45) is 0. The smallest absolute Gasteiger partial charge is 0.339 e. The number of rotatable bonds is 7. The molecule has 0 aromatic heterocycles. The average Bonchev–Trinajstić information content (AvgIpc) is 2.60. The lowest BCUT2D eigenvalue weighted by atomic mass is 10.0. The van der Waals surface area contributed by atoms with Crippen molar-refractivity contribution in [1.29, 1.82) is 0 Å². The van der Waals surface area contributed by atoms with Gasteiger partial charge < -0.3 is 9.47 Å². The lowest BCUT2D eigenvalue weighted by Gasteiger charge is -2.15. The summed E-state index contributed by atoms with van der Waals surface area (Å²) in [5, 5.41) is 0.103. The van der Waals surface area contributed by atoms with Crippen molar-refractivity contribution in [2.75, 3.05) is 18.4 Å². The minimum Gasteiger partial charge on any atom is -0.496 e. The molecule has 1 N–H and O–H groups in total. The quantitative estimate of drug-likeness (QED) is 0.680. The van der Waals surface area contributed by atoms with Crippen molar-refractivity contribution in [3.63, 3.8) is 0 Å². The second-order valence-electron chi connectivity index (χ2n) is 6.08. The maximum atomic E-state index is 12.7. The number of sulfonamides is 1. The van der Waals surface area contributed by atoms with Crippen LogP contribution in [0.1, 0.15) is 42.6 Å². The Kier molecular flexibility index (Phi) is 6.73. The predicted molar refractivity (Wildman–Crippen MR) is 105 cm³/mol. The van der Waals surface area contributed by atoms with E-state index in [1.807, 2.05) is 13.8 Å². The fourth-order valence-corrected chi connectivity index (χ4v) is 3.84. The molecule has 0 heterocycles. The molecule has 0 atom stereocenters. The summed E-state index contributed by atoms with van der Waals surface area (Å²) in [6, 6.07) is 8.94. The molecular formula is C19H22ClNO5S. The van der Waals surface area contributed by atoms with Gasteiger partial charge in [0.05, 0.1) is 34.9 Å². The molecule has 146 valence electrons. The molecule has 2 aromatic carbocycles. The molecule has 0 amide bonds. The van der Waals surface area contributed by atoms with Crippen molar-refractivity contribution in [1.82, 2.24) is 0 Å². The van der Waals surface area contributed by atoms with Crippen LogP contribution in [0.3, 0.4) is 0 Å². The normalized spacial score (nSPS) is 11.3. The van der Waals surface area contributed by atoms with E-state index >= 15 is 0 Å². The molecule has 0 radical (unpaired) electrons. The highest BCUT2D eigenvalue weighted by atomic mass is 35.5. The van der Waals surface area contributed by atoms with Gasteiger partial charge in [-0.3, -0.25) is 4.72 Å². The van der Waals surface area contributed by atoms with E-state index in [4.69, 9.17) is 21.1 Å². The fraction of sp³-hybridized carbons (Fsp3) is 0.316. The van der Waals surface area contributed by atoms with Crippen molar-refractivity contribution in [3.05, 3.63) is 52.5 Å². The third kappa shape index (κ3) is 4.93. The molecule has 8 heteroatoms. The Morgan fingerprint density at radius 1 is 1.19 bits per heavy atom. The molecule has 0 bridgehead atoms. The van der Waals surface area contributed by atoms with E-state index in [1.54, 1.807) is 26.2 Å². The van der Waals surface area contributed by atoms with Crippen LogP contribution in [0.4, 0.5) is 5.69 Å². The van der Waals surface area contributed by atoms with Crippen LogP contribution >= 0.6 is 11.6 Å². The number of esters is 1. The van der Waals surface area contributed by atoms with Gasteiger partial charge >= 0.3 is 5.97 Å². The first-order valence-corrected chi connectivity index (χ1v) is 10.2. The molecule has 0 fully saturated rings. The monoisotopic (exact) mass is 411 g/mol. The zero-order valence-electron chi connectivity index (χ0n) is 15.6. The van der Waals surface area contributed by atoms with Gasteiger partial charge in [-0.1, -0.05) is 25.4 Å². The molecule has 0 aliphatic rings. The molecule has 2 rings (SSSR count). The SMILES string of the molecule is CCOC(=O)c1ccc(NS(=O)(=O)c2ccc(OC)c(C(C)C)c2)cc1Cl. The molecule has 6 nitrogen and oxygen atoms in total. The topological polar surface area (TPSA) is 81.7 Å². The zero-order valence-corrected chi connectivity index (χ0v) is 17.1. The van der Waals surface area contributed by atoms with Gasteiger partial charge in [-0.2, -0.15) is 0 Å². The Bertz CT molecular complexity index is 941. The predicted octanol–water partition coefficient (Wildman–Crippen LogP) is 4.45. The second-order valence-corrected chi connectivity index (χ2v) is 8.17. The minimum atomic E-state index is -3.83. The molecule has 0 aliphatic carbocycles. The lowest BCUT2D eigenvalue weighted by Crippen LogP contribution is -2.14. The van der Waals surface area contributed by atoms with E-state index in [-0.39, 0.29) is 33.7 Å². The Morgan fingerprint density at radius 3 is 2.44 bits per heavy atom. The molecule has 0 aliphatic heterocycles. The van der Waals surface area contributed by atoms with Crippen LogP contribution in [-0.2, 0) is 14.8 Å². The first-order chi connectivity index (χ1) is 12.7. The number of nitrogens with one attached hydrogen (secondary N) is 1. The molecule has 27 heavy (non-hydrogen) atoms. The summed E-state index contributed by atoms with van der Waals surface area (Å²) in [6.45, 7) is 5.82. The molecular weight excluding hydrogens is 390 g/mol. The van der Waals surface area contributed by atoms with Crippen molar-refractivity contribution >= 4 is 33.3 Å². The number of halogens is 1. The molecule has 0 saturated carbocycles. The van der Waals surface area contributed by atoms with Gasteiger partial charge in [-0.05, 0) is 54.8 Å². The second kappa shape index (κ2) is 8.63. The number of carbonyl (C=O) groups is 1. The van der Waals surface area contributed by atoms with Crippen molar-refractivity contribution < 1.29 is 22.7 Å². The van der Waals surface area contributed by atoms with E-state index in [2.05, 4.69) is 4.72 Å². The highest BCUT2D eigenvalue weighted by Gasteiger charge is 2.19. The standard InChI is InChI=1S/C19H22ClNO5S/c1-5-26-19(22)15-8-6-13(10-17(15)20)21-27(23,24)14-7-9-18(25-4)16(11-14)12(2)3/h6-12,21H,5H2,1-4H3. The highest BCUT2D eigenvalue weighted by molar-refractivity contribution is 7.92. The molecule has 0 saturated heterocycles. The Balaban J connectivity index is 2.32.